The van der Waals surface area contributed by atoms with Gasteiger partial charge in [0.25, 0.3) is 5.56 Å². The molecule has 1 aromatic heterocycles. The molecule has 1 amide bonds. The molecule has 0 aliphatic carbocycles. The molecule has 1 aliphatic heterocycles. The lowest BCUT2D eigenvalue weighted by Gasteiger charge is -2.26. The molecular weight excluding hydrogens is 404 g/mol. The first kappa shape index (κ1) is 22.0. The molecule has 7 nitrogen and oxygen atoms in total. The van der Waals surface area contributed by atoms with Crippen LogP contribution in [0.3, 0.4) is 0 Å². The summed E-state index contributed by atoms with van der Waals surface area (Å²) in [7, 11) is 0. The third-order valence-corrected chi connectivity index (χ3v) is 5.89. The first-order chi connectivity index (χ1) is 14.4. The topological polar surface area (TPSA) is 77.8 Å². The number of esters is 1. The van der Waals surface area contributed by atoms with Gasteiger partial charge in [-0.2, -0.15) is 0 Å². The molecule has 2 heterocycles. The molecule has 8 heteroatoms. The van der Waals surface area contributed by atoms with Gasteiger partial charge in [0.15, 0.2) is 0 Å². The lowest BCUT2D eigenvalue weighted by molar-refractivity contribution is -0.136. The Morgan fingerprint density at radius 2 is 1.97 bits per heavy atom. The van der Waals surface area contributed by atoms with Crippen molar-refractivity contribution in [2.45, 2.75) is 27.3 Å². The number of hydrogen-bond acceptors (Lipinski definition) is 6. The Kier molecular flexibility index (Phi) is 7.23. The van der Waals surface area contributed by atoms with Gasteiger partial charge in [-0.05, 0) is 38.0 Å². The number of carbonyl (C=O) groups is 2. The number of aryl methyl sites for hydroxylation is 2. The molecule has 0 spiro atoms. The minimum Gasteiger partial charge on any atom is -0.463 e. The monoisotopic (exact) mass is 430 g/mol. The smallest absolute Gasteiger partial charge is 0.333 e. The summed E-state index contributed by atoms with van der Waals surface area (Å²) < 4.78 is 12.5. The first-order valence-electron chi connectivity index (χ1n) is 9.91. The van der Waals surface area contributed by atoms with Gasteiger partial charge in [0, 0.05) is 13.1 Å². The summed E-state index contributed by atoms with van der Waals surface area (Å²) in [4.78, 5) is 39.5. The average molecular weight is 431 g/mol. The number of morpholine rings is 1. The van der Waals surface area contributed by atoms with Crippen molar-refractivity contribution in [3.8, 4) is 0 Å². The van der Waals surface area contributed by atoms with Crippen LogP contribution in [0.4, 0.5) is 0 Å². The van der Waals surface area contributed by atoms with Crippen LogP contribution < -0.4 is 14.8 Å². The van der Waals surface area contributed by atoms with Gasteiger partial charge in [-0.15, -0.1) is 11.3 Å². The Labute approximate surface area is 178 Å². The molecule has 0 saturated carbocycles. The van der Waals surface area contributed by atoms with Crippen molar-refractivity contribution in [3.63, 3.8) is 0 Å². The molecule has 1 fully saturated rings. The van der Waals surface area contributed by atoms with Gasteiger partial charge in [0.05, 0.1) is 30.4 Å². The highest BCUT2D eigenvalue weighted by atomic mass is 32.1. The number of carbonyl (C=O) groups excluding carboxylic acids is 2. The van der Waals surface area contributed by atoms with Crippen molar-refractivity contribution >= 4 is 35.4 Å². The van der Waals surface area contributed by atoms with Gasteiger partial charge >= 0.3 is 5.97 Å². The second-order valence-electron chi connectivity index (χ2n) is 7.09. The molecule has 1 aliphatic rings. The predicted molar refractivity (Wildman–Crippen MR) is 116 cm³/mol. The van der Waals surface area contributed by atoms with Crippen LogP contribution in [0.5, 0.6) is 0 Å². The van der Waals surface area contributed by atoms with Gasteiger partial charge in [0.1, 0.15) is 11.2 Å². The van der Waals surface area contributed by atoms with E-state index in [4.69, 9.17) is 9.47 Å². The second-order valence-corrected chi connectivity index (χ2v) is 8.15. The summed E-state index contributed by atoms with van der Waals surface area (Å²) in [6.45, 7) is 7.79. The average Bonchev–Trinajstić information content (AvgIpc) is 2.99. The molecule has 1 aromatic carbocycles. The Bertz CT molecular complexity index is 1110. The Morgan fingerprint density at radius 3 is 2.63 bits per heavy atom. The number of amides is 1. The van der Waals surface area contributed by atoms with E-state index < -0.39 is 5.97 Å². The highest BCUT2D eigenvalue weighted by Crippen LogP contribution is 2.10. The Hall–Kier alpha value is -2.71. The van der Waals surface area contributed by atoms with Crippen LogP contribution in [0, 0.1) is 13.8 Å². The van der Waals surface area contributed by atoms with E-state index in [1.807, 2.05) is 32.0 Å². The fraction of sp³-hybridized carbons (Fsp3) is 0.409. The zero-order valence-corrected chi connectivity index (χ0v) is 18.3. The fourth-order valence-corrected chi connectivity index (χ4v) is 4.28. The summed E-state index contributed by atoms with van der Waals surface area (Å²) in [5.41, 5.74) is 2.82. The van der Waals surface area contributed by atoms with Gasteiger partial charge in [0.2, 0.25) is 5.91 Å². The van der Waals surface area contributed by atoms with E-state index in [2.05, 4.69) is 0 Å². The summed E-state index contributed by atoms with van der Waals surface area (Å²) in [5.74, 6) is -0.709. The standard InChI is InChI=1S/C22H26N2O5S/c1-4-29-21(26)13-20-24(14-19(25)23-7-9-28-10-8-23)22(27)18(30-20)12-17-6-5-15(2)11-16(17)3/h5-6,11-13H,4,7-10,14H2,1-3H3/b18-12-,20-13-. The quantitative estimate of drug-likeness (QED) is 0.648. The summed E-state index contributed by atoms with van der Waals surface area (Å²) >= 11 is 1.18. The van der Waals surface area contributed by atoms with Crippen LogP contribution in [-0.4, -0.2) is 54.3 Å². The number of nitrogens with zero attached hydrogens (tertiary/aromatic N) is 2. The van der Waals surface area contributed by atoms with E-state index in [0.29, 0.717) is 35.5 Å². The van der Waals surface area contributed by atoms with Gasteiger partial charge in [-0.1, -0.05) is 23.8 Å². The molecule has 0 atom stereocenters. The maximum Gasteiger partial charge on any atom is 0.333 e. The van der Waals surface area contributed by atoms with E-state index in [1.54, 1.807) is 17.9 Å². The molecule has 160 valence electrons. The van der Waals surface area contributed by atoms with Crippen LogP contribution in [0.2, 0.25) is 0 Å². The van der Waals surface area contributed by atoms with Crippen LogP contribution in [0.15, 0.2) is 23.0 Å². The van der Waals surface area contributed by atoms with E-state index in [0.717, 1.165) is 16.7 Å². The lowest BCUT2D eigenvalue weighted by atomic mass is 10.1. The van der Waals surface area contributed by atoms with E-state index >= 15 is 0 Å². The van der Waals surface area contributed by atoms with E-state index in [-0.39, 0.29) is 24.6 Å². The van der Waals surface area contributed by atoms with Crippen LogP contribution in [0.1, 0.15) is 23.6 Å². The van der Waals surface area contributed by atoms with Crippen molar-refractivity contribution in [2.24, 2.45) is 0 Å². The molecule has 0 bridgehead atoms. The molecule has 30 heavy (non-hydrogen) atoms. The molecule has 0 N–H and O–H groups in total. The number of hydrogen-bond donors (Lipinski definition) is 0. The van der Waals surface area contributed by atoms with Crippen LogP contribution >= 0.6 is 11.3 Å². The Balaban J connectivity index is 2.05. The van der Waals surface area contributed by atoms with Gasteiger partial charge < -0.3 is 14.4 Å². The first-order valence-corrected chi connectivity index (χ1v) is 10.7. The predicted octanol–water partition coefficient (Wildman–Crippen LogP) is 0.558. The van der Waals surface area contributed by atoms with E-state index in [1.165, 1.54) is 22.0 Å². The van der Waals surface area contributed by atoms with Crippen LogP contribution in [-0.2, 0) is 25.6 Å². The summed E-state index contributed by atoms with van der Waals surface area (Å²) in [5, 5.41) is 0. The fourth-order valence-electron chi connectivity index (χ4n) is 3.25. The molecule has 2 aromatic rings. The highest BCUT2D eigenvalue weighted by molar-refractivity contribution is 7.07. The maximum atomic E-state index is 13.1. The number of thiazole rings is 1. The number of aromatic nitrogens is 1. The molecule has 0 unspecified atom stereocenters. The van der Waals surface area contributed by atoms with Crippen molar-refractivity contribution in [2.75, 3.05) is 32.9 Å². The minimum absolute atomic E-state index is 0.124. The minimum atomic E-state index is -0.538. The van der Waals surface area contributed by atoms with Crippen molar-refractivity contribution < 1.29 is 19.1 Å². The van der Waals surface area contributed by atoms with Crippen LogP contribution in [0.25, 0.3) is 12.2 Å². The largest absolute Gasteiger partial charge is 0.463 e. The van der Waals surface area contributed by atoms with Gasteiger partial charge in [-0.25, -0.2) is 4.79 Å². The third kappa shape index (κ3) is 5.25. The number of benzene rings is 1. The summed E-state index contributed by atoms with van der Waals surface area (Å²) in [6.07, 6.45) is 3.08. The molecule has 3 rings (SSSR count). The Morgan fingerprint density at radius 1 is 1.23 bits per heavy atom. The van der Waals surface area contributed by atoms with Crippen molar-refractivity contribution in [1.82, 2.24) is 9.47 Å². The van der Waals surface area contributed by atoms with Crippen molar-refractivity contribution in [1.29, 1.82) is 0 Å². The molecular formula is C22H26N2O5S. The molecule has 1 saturated heterocycles. The van der Waals surface area contributed by atoms with Gasteiger partial charge in [-0.3, -0.25) is 14.2 Å². The normalized spacial score (nSPS) is 15.5. The van der Waals surface area contributed by atoms with Crippen molar-refractivity contribution in [3.05, 3.63) is 54.4 Å². The second kappa shape index (κ2) is 9.86. The molecule has 0 radical (unpaired) electrons. The zero-order chi connectivity index (χ0) is 21.7. The SMILES string of the molecule is CCOC(=O)/C=c1\s/c(=C\c2ccc(C)cc2C)c(=O)n1CC(=O)N1CCOCC1. The van der Waals surface area contributed by atoms with E-state index in [9.17, 15) is 14.4 Å². The maximum absolute atomic E-state index is 13.1. The number of rotatable bonds is 5. The number of ether oxygens (including phenoxy) is 2. The highest BCUT2D eigenvalue weighted by Gasteiger charge is 2.19. The third-order valence-electron chi connectivity index (χ3n) is 4.83. The lowest BCUT2D eigenvalue weighted by Crippen LogP contribution is -2.45. The zero-order valence-electron chi connectivity index (χ0n) is 17.5. The summed E-state index contributed by atoms with van der Waals surface area (Å²) in [6, 6.07) is 5.99.